The molecule has 0 spiro atoms. The van der Waals surface area contributed by atoms with E-state index in [9.17, 15) is 0 Å². The molecule has 2 rings (SSSR count). The molecule has 1 fully saturated rings. The van der Waals surface area contributed by atoms with E-state index in [2.05, 4.69) is 57.4 Å². The van der Waals surface area contributed by atoms with E-state index >= 15 is 0 Å². The maximum atomic E-state index is 5.31. The molecule has 0 aliphatic heterocycles. The Bertz CT molecular complexity index is 463. The van der Waals surface area contributed by atoms with Crippen LogP contribution >= 0.6 is 28.1 Å². The van der Waals surface area contributed by atoms with Crippen LogP contribution in [-0.2, 0) is 5.54 Å². The number of hydrogen-bond acceptors (Lipinski definition) is 1. The summed E-state index contributed by atoms with van der Waals surface area (Å²) in [5.74, 6) is 0. The Labute approximate surface area is 122 Å². The molecule has 18 heavy (non-hydrogen) atoms. The third-order valence-electron chi connectivity index (χ3n) is 3.05. The number of hydrogen-bond donors (Lipinski definition) is 2. The molecule has 0 unspecified atom stereocenters. The number of rotatable bonds is 4. The van der Waals surface area contributed by atoms with Crippen molar-refractivity contribution in [1.82, 2.24) is 10.6 Å². The normalized spacial score (nSPS) is 15.9. The highest BCUT2D eigenvalue weighted by atomic mass is 79.9. The fourth-order valence-corrected chi connectivity index (χ4v) is 2.40. The second kappa shape index (κ2) is 5.41. The van der Waals surface area contributed by atoms with Gasteiger partial charge >= 0.3 is 0 Å². The molecule has 1 aromatic rings. The zero-order valence-electron chi connectivity index (χ0n) is 10.4. The van der Waals surface area contributed by atoms with Crippen molar-refractivity contribution in [3.05, 3.63) is 46.5 Å². The molecule has 96 valence electrons. The number of benzene rings is 1. The van der Waals surface area contributed by atoms with Gasteiger partial charge in [0.25, 0.3) is 0 Å². The van der Waals surface area contributed by atoms with Crippen molar-refractivity contribution < 1.29 is 0 Å². The Hall–Kier alpha value is -0.870. The lowest BCUT2D eigenvalue weighted by atomic mass is 10.1. The lowest BCUT2D eigenvalue weighted by molar-refractivity contribution is 0.636. The lowest BCUT2D eigenvalue weighted by Crippen LogP contribution is -2.42. The Morgan fingerprint density at radius 2 is 2.00 bits per heavy atom. The molecule has 0 radical (unpaired) electrons. The average Bonchev–Trinajstić information content (AvgIpc) is 3.08. The van der Waals surface area contributed by atoms with Crippen LogP contribution in [0.15, 0.2) is 40.9 Å². The molecule has 0 heterocycles. The summed E-state index contributed by atoms with van der Waals surface area (Å²) in [6.45, 7) is 6.56. The van der Waals surface area contributed by atoms with Gasteiger partial charge in [-0.1, -0.05) is 40.2 Å². The van der Waals surface area contributed by atoms with Gasteiger partial charge in [0.2, 0.25) is 0 Å². The minimum Gasteiger partial charge on any atom is -0.359 e. The molecule has 0 bridgehead atoms. The molecule has 1 aliphatic rings. The van der Waals surface area contributed by atoms with Crippen molar-refractivity contribution in [1.29, 1.82) is 0 Å². The highest BCUT2D eigenvalue weighted by Crippen LogP contribution is 2.45. The van der Waals surface area contributed by atoms with Crippen molar-refractivity contribution in [3.63, 3.8) is 0 Å². The van der Waals surface area contributed by atoms with Gasteiger partial charge in [0.15, 0.2) is 5.11 Å². The Morgan fingerprint density at radius 1 is 1.39 bits per heavy atom. The van der Waals surface area contributed by atoms with Crippen LogP contribution in [0.2, 0.25) is 0 Å². The molecule has 0 saturated heterocycles. The molecular weight excluding hydrogens is 308 g/mol. The summed E-state index contributed by atoms with van der Waals surface area (Å²) in [5.41, 5.74) is 2.41. The first-order chi connectivity index (χ1) is 8.52. The maximum Gasteiger partial charge on any atom is 0.167 e. The molecule has 1 aromatic carbocycles. The maximum absolute atomic E-state index is 5.31. The van der Waals surface area contributed by atoms with Gasteiger partial charge in [-0.3, -0.25) is 0 Å². The SMILES string of the molecule is C=C(C)CNC(=S)NC1(c2ccc(Br)cc2)CC1. The van der Waals surface area contributed by atoms with E-state index in [1.54, 1.807) is 0 Å². The summed E-state index contributed by atoms with van der Waals surface area (Å²) >= 11 is 8.77. The van der Waals surface area contributed by atoms with E-state index in [1.807, 2.05) is 6.92 Å². The first-order valence-corrected chi connectivity index (χ1v) is 7.18. The Kier molecular flexibility index (Phi) is 4.07. The highest BCUT2D eigenvalue weighted by Gasteiger charge is 2.44. The first-order valence-electron chi connectivity index (χ1n) is 5.98. The Morgan fingerprint density at radius 3 is 2.50 bits per heavy atom. The van der Waals surface area contributed by atoms with Crippen molar-refractivity contribution >= 4 is 33.3 Å². The third kappa shape index (κ3) is 3.33. The van der Waals surface area contributed by atoms with Crippen LogP contribution in [0.4, 0.5) is 0 Å². The van der Waals surface area contributed by atoms with Crippen LogP contribution in [0, 0.1) is 0 Å². The molecular formula is C14H17BrN2S. The minimum atomic E-state index is 0.0415. The van der Waals surface area contributed by atoms with Gasteiger partial charge in [-0.15, -0.1) is 0 Å². The molecule has 4 heteroatoms. The predicted octanol–water partition coefficient (Wildman–Crippen LogP) is 3.48. The summed E-state index contributed by atoms with van der Waals surface area (Å²) in [6.07, 6.45) is 2.26. The quantitative estimate of drug-likeness (QED) is 0.655. The molecule has 1 aliphatic carbocycles. The number of halogens is 1. The predicted molar refractivity (Wildman–Crippen MR) is 83.6 cm³/mol. The van der Waals surface area contributed by atoms with Crippen LogP contribution < -0.4 is 10.6 Å². The first kappa shape index (κ1) is 13.6. The van der Waals surface area contributed by atoms with Gasteiger partial charge in [-0.2, -0.15) is 0 Å². The summed E-state index contributed by atoms with van der Waals surface area (Å²) in [6, 6.07) is 8.43. The van der Waals surface area contributed by atoms with Crippen LogP contribution in [-0.4, -0.2) is 11.7 Å². The summed E-state index contributed by atoms with van der Waals surface area (Å²) in [5, 5.41) is 7.30. The van der Waals surface area contributed by atoms with Crippen LogP contribution in [0.1, 0.15) is 25.3 Å². The van der Waals surface area contributed by atoms with Crippen LogP contribution in [0.3, 0.4) is 0 Å². The molecule has 1 saturated carbocycles. The summed E-state index contributed by atoms with van der Waals surface area (Å²) in [7, 11) is 0. The summed E-state index contributed by atoms with van der Waals surface area (Å²) in [4.78, 5) is 0. The summed E-state index contributed by atoms with van der Waals surface area (Å²) < 4.78 is 1.10. The molecule has 0 atom stereocenters. The third-order valence-corrected chi connectivity index (χ3v) is 3.83. The van der Waals surface area contributed by atoms with Crippen molar-refractivity contribution in [2.75, 3.05) is 6.54 Å². The largest absolute Gasteiger partial charge is 0.359 e. The van der Waals surface area contributed by atoms with Crippen LogP contribution in [0.5, 0.6) is 0 Å². The van der Waals surface area contributed by atoms with Gasteiger partial charge < -0.3 is 10.6 Å². The Balaban J connectivity index is 1.98. The monoisotopic (exact) mass is 324 g/mol. The van der Waals surface area contributed by atoms with Gasteiger partial charge in [0, 0.05) is 11.0 Å². The van der Waals surface area contributed by atoms with Crippen molar-refractivity contribution in [2.24, 2.45) is 0 Å². The lowest BCUT2D eigenvalue weighted by Gasteiger charge is -2.20. The van der Waals surface area contributed by atoms with Gasteiger partial charge in [0.05, 0.1) is 5.54 Å². The van der Waals surface area contributed by atoms with E-state index < -0.39 is 0 Å². The van der Waals surface area contributed by atoms with Crippen molar-refractivity contribution in [3.8, 4) is 0 Å². The number of nitrogens with one attached hydrogen (secondary N) is 2. The van der Waals surface area contributed by atoms with Gasteiger partial charge in [0.1, 0.15) is 0 Å². The smallest absolute Gasteiger partial charge is 0.167 e. The topological polar surface area (TPSA) is 24.1 Å². The van der Waals surface area contributed by atoms with E-state index in [0.29, 0.717) is 5.11 Å². The molecule has 2 N–H and O–H groups in total. The number of thiocarbonyl (C=S) groups is 1. The van der Waals surface area contributed by atoms with E-state index in [4.69, 9.17) is 12.2 Å². The van der Waals surface area contributed by atoms with Crippen LogP contribution in [0.25, 0.3) is 0 Å². The fourth-order valence-electron chi connectivity index (χ4n) is 1.87. The minimum absolute atomic E-state index is 0.0415. The molecule has 0 aromatic heterocycles. The molecule has 2 nitrogen and oxygen atoms in total. The highest BCUT2D eigenvalue weighted by molar-refractivity contribution is 9.10. The zero-order valence-corrected chi connectivity index (χ0v) is 12.8. The fraction of sp³-hybridized carbons (Fsp3) is 0.357. The standard InChI is InChI=1S/C14H17BrN2S/c1-10(2)9-16-13(18)17-14(7-8-14)11-3-5-12(15)6-4-11/h3-6H,1,7-9H2,2H3,(H2,16,17,18). The zero-order chi connectivity index (χ0) is 13.2. The van der Waals surface area contributed by atoms with E-state index in [-0.39, 0.29) is 5.54 Å². The average molecular weight is 325 g/mol. The van der Waals surface area contributed by atoms with Crippen molar-refractivity contribution in [2.45, 2.75) is 25.3 Å². The van der Waals surface area contributed by atoms with Gasteiger partial charge in [-0.25, -0.2) is 0 Å². The second-order valence-electron chi connectivity index (χ2n) is 4.85. The van der Waals surface area contributed by atoms with Gasteiger partial charge in [-0.05, 0) is 49.7 Å². The second-order valence-corrected chi connectivity index (χ2v) is 6.18. The molecule has 0 amide bonds. The van der Waals surface area contributed by atoms with E-state index in [0.717, 1.165) is 29.4 Å². The van der Waals surface area contributed by atoms with E-state index in [1.165, 1.54) is 5.56 Å².